The van der Waals surface area contributed by atoms with Crippen LogP contribution in [-0.4, -0.2) is 38.8 Å². The molecule has 18 heavy (non-hydrogen) atoms. The molecule has 1 aliphatic rings. The Balaban J connectivity index is 2.12. The molecule has 1 amide bonds. The minimum absolute atomic E-state index is 0.117. The summed E-state index contributed by atoms with van der Waals surface area (Å²) in [5, 5.41) is 6.32. The smallest absolute Gasteiger partial charge is 0.234 e. The number of amides is 1. The van der Waals surface area contributed by atoms with Gasteiger partial charge in [0.1, 0.15) is 0 Å². The number of rotatable bonds is 10. The third kappa shape index (κ3) is 5.36. The van der Waals surface area contributed by atoms with Gasteiger partial charge in [0.25, 0.3) is 0 Å². The molecule has 1 rings (SSSR count). The third-order valence-electron chi connectivity index (χ3n) is 3.93. The van der Waals surface area contributed by atoms with Crippen LogP contribution < -0.4 is 10.6 Å². The zero-order valence-electron chi connectivity index (χ0n) is 12.1. The van der Waals surface area contributed by atoms with Crippen molar-refractivity contribution in [2.45, 2.75) is 52.0 Å². The van der Waals surface area contributed by atoms with E-state index in [0.717, 1.165) is 32.4 Å². The molecule has 0 aliphatic heterocycles. The predicted octanol–water partition coefficient (Wildman–Crippen LogP) is 1.70. The van der Waals surface area contributed by atoms with Crippen molar-refractivity contribution < 1.29 is 9.53 Å². The van der Waals surface area contributed by atoms with Crippen LogP contribution in [0.15, 0.2) is 0 Å². The first-order chi connectivity index (χ1) is 8.65. The summed E-state index contributed by atoms with van der Waals surface area (Å²) in [4.78, 5) is 11.7. The molecule has 106 valence electrons. The highest BCUT2D eigenvalue weighted by Gasteiger charge is 2.41. The maximum absolute atomic E-state index is 11.7. The SMILES string of the molecule is CCC(CC)NC(=O)CNCC1(CCOC)CC1. The molecule has 0 saturated heterocycles. The summed E-state index contributed by atoms with van der Waals surface area (Å²) in [6.45, 7) is 6.40. The van der Waals surface area contributed by atoms with Gasteiger partial charge in [-0.15, -0.1) is 0 Å². The summed E-state index contributed by atoms with van der Waals surface area (Å²) >= 11 is 0. The number of methoxy groups -OCH3 is 1. The first-order valence-corrected chi connectivity index (χ1v) is 7.15. The van der Waals surface area contributed by atoms with E-state index in [1.807, 2.05) is 0 Å². The summed E-state index contributed by atoms with van der Waals surface area (Å²) in [5.41, 5.74) is 0.408. The summed E-state index contributed by atoms with van der Waals surface area (Å²) in [6.07, 6.45) is 5.62. The largest absolute Gasteiger partial charge is 0.385 e. The Hall–Kier alpha value is -0.610. The van der Waals surface area contributed by atoms with E-state index >= 15 is 0 Å². The van der Waals surface area contributed by atoms with Gasteiger partial charge in [-0.2, -0.15) is 0 Å². The van der Waals surface area contributed by atoms with Gasteiger partial charge in [-0.05, 0) is 37.5 Å². The molecule has 0 unspecified atom stereocenters. The molecule has 4 nitrogen and oxygen atoms in total. The lowest BCUT2D eigenvalue weighted by Crippen LogP contribution is -2.41. The average Bonchev–Trinajstić information content (AvgIpc) is 3.14. The number of carbonyl (C=O) groups excluding carboxylic acids is 1. The van der Waals surface area contributed by atoms with Crippen molar-refractivity contribution in [2.75, 3.05) is 26.8 Å². The minimum atomic E-state index is 0.117. The maximum atomic E-state index is 11.7. The number of carbonyl (C=O) groups is 1. The molecule has 0 bridgehead atoms. The zero-order chi connectivity index (χ0) is 13.4. The van der Waals surface area contributed by atoms with Crippen LogP contribution in [0.25, 0.3) is 0 Å². The van der Waals surface area contributed by atoms with Crippen LogP contribution in [0.2, 0.25) is 0 Å². The topological polar surface area (TPSA) is 50.4 Å². The normalized spacial score (nSPS) is 16.9. The fourth-order valence-corrected chi connectivity index (χ4v) is 2.22. The molecule has 4 heteroatoms. The molecule has 0 atom stereocenters. The first kappa shape index (κ1) is 15.4. The van der Waals surface area contributed by atoms with Crippen molar-refractivity contribution in [3.63, 3.8) is 0 Å². The quantitative estimate of drug-likeness (QED) is 0.625. The van der Waals surface area contributed by atoms with E-state index in [1.165, 1.54) is 12.8 Å². The van der Waals surface area contributed by atoms with E-state index in [4.69, 9.17) is 4.74 Å². The molecule has 0 aromatic heterocycles. The van der Waals surface area contributed by atoms with E-state index in [2.05, 4.69) is 24.5 Å². The Morgan fingerprint density at radius 2 is 2.00 bits per heavy atom. The Labute approximate surface area is 111 Å². The zero-order valence-corrected chi connectivity index (χ0v) is 12.1. The van der Waals surface area contributed by atoms with Gasteiger partial charge in [0.2, 0.25) is 5.91 Å². The van der Waals surface area contributed by atoms with Crippen LogP contribution in [0.4, 0.5) is 0 Å². The molecular formula is C14H28N2O2. The molecule has 0 radical (unpaired) electrons. The fourth-order valence-electron chi connectivity index (χ4n) is 2.22. The van der Waals surface area contributed by atoms with Crippen molar-refractivity contribution >= 4 is 5.91 Å². The minimum Gasteiger partial charge on any atom is -0.385 e. The van der Waals surface area contributed by atoms with Gasteiger partial charge < -0.3 is 15.4 Å². The average molecular weight is 256 g/mol. The summed E-state index contributed by atoms with van der Waals surface area (Å²) in [7, 11) is 1.74. The molecule has 0 heterocycles. The van der Waals surface area contributed by atoms with Crippen LogP contribution in [-0.2, 0) is 9.53 Å². The van der Waals surface area contributed by atoms with E-state index in [-0.39, 0.29) is 5.91 Å². The number of nitrogens with one attached hydrogen (secondary N) is 2. The van der Waals surface area contributed by atoms with Crippen molar-refractivity contribution in [1.29, 1.82) is 0 Å². The van der Waals surface area contributed by atoms with Gasteiger partial charge in [-0.1, -0.05) is 13.8 Å². The predicted molar refractivity (Wildman–Crippen MR) is 73.5 cm³/mol. The number of hydrogen-bond acceptors (Lipinski definition) is 3. The monoisotopic (exact) mass is 256 g/mol. The van der Waals surface area contributed by atoms with Gasteiger partial charge in [0.15, 0.2) is 0 Å². The molecule has 1 aliphatic carbocycles. The van der Waals surface area contributed by atoms with Gasteiger partial charge in [-0.3, -0.25) is 4.79 Å². The van der Waals surface area contributed by atoms with Crippen LogP contribution in [0.1, 0.15) is 46.0 Å². The van der Waals surface area contributed by atoms with Crippen LogP contribution in [0.5, 0.6) is 0 Å². The summed E-state index contributed by atoms with van der Waals surface area (Å²) in [6, 6.07) is 0.322. The Morgan fingerprint density at radius 3 is 2.50 bits per heavy atom. The lowest BCUT2D eigenvalue weighted by molar-refractivity contribution is -0.121. The van der Waals surface area contributed by atoms with E-state index in [9.17, 15) is 4.79 Å². The van der Waals surface area contributed by atoms with Crippen LogP contribution >= 0.6 is 0 Å². The second-order valence-electron chi connectivity index (χ2n) is 5.43. The third-order valence-corrected chi connectivity index (χ3v) is 3.93. The fraction of sp³-hybridized carbons (Fsp3) is 0.929. The molecule has 1 fully saturated rings. The summed E-state index contributed by atoms with van der Waals surface area (Å²) in [5.74, 6) is 0.117. The molecule has 2 N–H and O–H groups in total. The van der Waals surface area contributed by atoms with Gasteiger partial charge in [-0.25, -0.2) is 0 Å². The summed E-state index contributed by atoms with van der Waals surface area (Å²) < 4.78 is 5.12. The lowest BCUT2D eigenvalue weighted by atomic mass is 10.0. The highest BCUT2D eigenvalue weighted by molar-refractivity contribution is 5.78. The van der Waals surface area contributed by atoms with Crippen molar-refractivity contribution in [3.8, 4) is 0 Å². The van der Waals surface area contributed by atoms with Crippen molar-refractivity contribution in [1.82, 2.24) is 10.6 Å². The molecular weight excluding hydrogens is 228 g/mol. The highest BCUT2D eigenvalue weighted by atomic mass is 16.5. The second kappa shape index (κ2) is 7.74. The molecule has 0 aromatic carbocycles. The maximum Gasteiger partial charge on any atom is 0.234 e. The van der Waals surface area contributed by atoms with Gasteiger partial charge in [0.05, 0.1) is 6.54 Å². The van der Waals surface area contributed by atoms with E-state index in [1.54, 1.807) is 7.11 Å². The van der Waals surface area contributed by atoms with Gasteiger partial charge >= 0.3 is 0 Å². The van der Waals surface area contributed by atoms with Crippen molar-refractivity contribution in [3.05, 3.63) is 0 Å². The number of ether oxygens (including phenoxy) is 1. The molecule has 0 spiro atoms. The first-order valence-electron chi connectivity index (χ1n) is 7.15. The lowest BCUT2D eigenvalue weighted by Gasteiger charge is -2.17. The number of hydrogen-bond donors (Lipinski definition) is 2. The second-order valence-corrected chi connectivity index (χ2v) is 5.43. The van der Waals surface area contributed by atoms with E-state index in [0.29, 0.717) is 18.0 Å². The Morgan fingerprint density at radius 1 is 1.33 bits per heavy atom. The standard InChI is InChI=1S/C14H28N2O2/c1-4-12(5-2)16-13(17)10-15-11-14(6-7-14)8-9-18-3/h12,15H,4-11H2,1-3H3,(H,16,17). The molecule has 1 saturated carbocycles. The highest BCUT2D eigenvalue weighted by Crippen LogP contribution is 2.48. The van der Waals surface area contributed by atoms with Crippen molar-refractivity contribution in [2.24, 2.45) is 5.41 Å². The van der Waals surface area contributed by atoms with Crippen LogP contribution in [0, 0.1) is 5.41 Å². The molecule has 0 aromatic rings. The Kier molecular flexibility index (Phi) is 6.65. The van der Waals surface area contributed by atoms with Gasteiger partial charge in [0, 0.05) is 26.3 Å². The van der Waals surface area contributed by atoms with Crippen LogP contribution in [0.3, 0.4) is 0 Å². The Bertz CT molecular complexity index is 248. The van der Waals surface area contributed by atoms with E-state index < -0.39 is 0 Å².